The summed E-state index contributed by atoms with van der Waals surface area (Å²) in [5.41, 5.74) is 1.97. The normalized spacial score (nSPS) is 13.5. The molecule has 0 unspecified atom stereocenters. The van der Waals surface area contributed by atoms with Crippen molar-refractivity contribution in [2.45, 2.75) is 11.8 Å². The molecule has 4 rings (SSSR count). The van der Waals surface area contributed by atoms with Crippen molar-refractivity contribution in [3.05, 3.63) is 89.3 Å². The molecule has 0 aliphatic carbocycles. The van der Waals surface area contributed by atoms with Crippen LogP contribution in [0.4, 0.5) is 11.4 Å². The lowest BCUT2D eigenvalue weighted by molar-refractivity contribution is -0.120. The van der Waals surface area contributed by atoms with Crippen LogP contribution < -0.4 is 15.0 Å². The smallest absolute Gasteiger partial charge is 0.272 e. The molecule has 1 aliphatic heterocycles. The predicted octanol–water partition coefficient (Wildman–Crippen LogP) is 4.73. The SMILES string of the molecule is COc1cccc(N2C(=O)C(Sc3ccccc3)=C(c3ccc(NC(C)=O)cc3)C2=O)c1. The fourth-order valence-electron chi connectivity index (χ4n) is 3.37. The first-order valence-electron chi connectivity index (χ1n) is 9.86. The maximum absolute atomic E-state index is 13.5. The van der Waals surface area contributed by atoms with Gasteiger partial charge in [0.05, 0.1) is 23.3 Å². The minimum atomic E-state index is -0.408. The largest absolute Gasteiger partial charge is 0.497 e. The second-order valence-electron chi connectivity index (χ2n) is 7.02. The zero-order chi connectivity index (χ0) is 22.7. The van der Waals surface area contributed by atoms with Gasteiger partial charge in [0, 0.05) is 23.6 Å². The lowest BCUT2D eigenvalue weighted by atomic mass is 10.1. The Hall–Kier alpha value is -3.84. The number of imide groups is 1. The Bertz CT molecular complexity index is 1220. The van der Waals surface area contributed by atoms with Crippen LogP contribution in [0.5, 0.6) is 5.75 Å². The van der Waals surface area contributed by atoms with E-state index in [1.807, 2.05) is 30.3 Å². The van der Waals surface area contributed by atoms with Crippen LogP contribution in [0.25, 0.3) is 5.57 Å². The van der Waals surface area contributed by atoms with E-state index in [1.165, 1.54) is 30.7 Å². The van der Waals surface area contributed by atoms with Gasteiger partial charge >= 0.3 is 0 Å². The van der Waals surface area contributed by atoms with Crippen LogP contribution in [0.15, 0.2) is 88.7 Å². The Balaban J connectivity index is 1.78. The molecule has 0 fully saturated rings. The van der Waals surface area contributed by atoms with E-state index in [-0.39, 0.29) is 5.91 Å². The highest BCUT2D eigenvalue weighted by molar-refractivity contribution is 8.04. The van der Waals surface area contributed by atoms with Gasteiger partial charge in [-0.25, -0.2) is 4.90 Å². The van der Waals surface area contributed by atoms with Gasteiger partial charge in [-0.2, -0.15) is 0 Å². The first-order valence-corrected chi connectivity index (χ1v) is 10.7. The van der Waals surface area contributed by atoms with Crippen LogP contribution in [0, 0.1) is 0 Å². The van der Waals surface area contributed by atoms with Gasteiger partial charge in [0.25, 0.3) is 11.8 Å². The van der Waals surface area contributed by atoms with Crippen molar-refractivity contribution in [1.29, 1.82) is 0 Å². The summed E-state index contributed by atoms with van der Waals surface area (Å²) in [6, 6.07) is 23.2. The number of nitrogens with one attached hydrogen (secondary N) is 1. The molecular weight excluding hydrogens is 424 g/mol. The molecule has 3 amide bonds. The fraction of sp³-hybridized carbons (Fsp3) is 0.0800. The molecule has 3 aromatic carbocycles. The topological polar surface area (TPSA) is 75.7 Å². The number of anilines is 2. The van der Waals surface area contributed by atoms with Crippen molar-refractivity contribution >= 4 is 46.4 Å². The van der Waals surface area contributed by atoms with Crippen LogP contribution in [0.1, 0.15) is 12.5 Å². The van der Waals surface area contributed by atoms with Crippen LogP contribution in [0.2, 0.25) is 0 Å². The first kappa shape index (κ1) is 21.4. The Labute approximate surface area is 189 Å². The molecule has 1 N–H and O–H groups in total. The molecular formula is C25H20N2O4S. The molecule has 0 radical (unpaired) electrons. The van der Waals surface area contributed by atoms with Gasteiger partial charge in [0.1, 0.15) is 5.75 Å². The van der Waals surface area contributed by atoms with E-state index in [9.17, 15) is 14.4 Å². The van der Waals surface area contributed by atoms with Crippen LogP contribution in [-0.4, -0.2) is 24.8 Å². The standard InChI is InChI=1S/C25H20N2O4S/c1-16(28)26-18-13-11-17(12-14-18)22-23(32-21-9-4-3-5-10-21)25(30)27(24(22)29)19-7-6-8-20(15-19)31-2/h3-15H,1-2H3,(H,26,28). The highest BCUT2D eigenvalue weighted by atomic mass is 32.2. The average molecular weight is 445 g/mol. The number of thioether (sulfide) groups is 1. The lowest BCUT2D eigenvalue weighted by Crippen LogP contribution is -2.31. The Morgan fingerprint density at radius 3 is 2.28 bits per heavy atom. The third kappa shape index (κ3) is 4.29. The number of amides is 3. The summed E-state index contributed by atoms with van der Waals surface area (Å²) >= 11 is 1.26. The van der Waals surface area contributed by atoms with Crippen LogP contribution in [-0.2, 0) is 14.4 Å². The average Bonchev–Trinajstić information content (AvgIpc) is 3.04. The van der Waals surface area contributed by atoms with Gasteiger partial charge in [-0.15, -0.1) is 0 Å². The van der Waals surface area contributed by atoms with Crippen molar-refractivity contribution in [2.75, 3.05) is 17.3 Å². The van der Waals surface area contributed by atoms with E-state index >= 15 is 0 Å². The second-order valence-corrected chi connectivity index (χ2v) is 8.11. The molecule has 0 saturated carbocycles. The van der Waals surface area contributed by atoms with Gasteiger partial charge in [0.2, 0.25) is 5.91 Å². The monoisotopic (exact) mass is 444 g/mol. The van der Waals surface area contributed by atoms with Gasteiger partial charge < -0.3 is 10.1 Å². The summed E-state index contributed by atoms with van der Waals surface area (Å²) in [6.45, 7) is 1.43. The maximum Gasteiger partial charge on any atom is 0.272 e. The van der Waals surface area contributed by atoms with E-state index in [1.54, 1.807) is 48.5 Å². The zero-order valence-electron chi connectivity index (χ0n) is 17.5. The molecule has 0 spiro atoms. The summed E-state index contributed by atoms with van der Waals surface area (Å²) in [7, 11) is 1.53. The molecule has 0 atom stereocenters. The van der Waals surface area contributed by atoms with Crippen molar-refractivity contribution in [3.8, 4) is 5.75 Å². The van der Waals surface area contributed by atoms with Crippen molar-refractivity contribution in [3.63, 3.8) is 0 Å². The Morgan fingerprint density at radius 1 is 0.906 bits per heavy atom. The molecule has 0 saturated heterocycles. The van der Waals surface area contributed by atoms with Gasteiger partial charge in [-0.3, -0.25) is 14.4 Å². The third-order valence-electron chi connectivity index (χ3n) is 4.81. The zero-order valence-corrected chi connectivity index (χ0v) is 18.3. The lowest BCUT2D eigenvalue weighted by Gasteiger charge is -2.16. The van der Waals surface area contributed by atoms with Crippen LogP contribution in [0.3, 0.4) is 0 Å². The Morgan fingerprint density at radius 2 is 1.62 bits per heavy atom. The van der Waals surface area contributed by atoms with E-state index in [0.717, 1.165) is 4.90 Å². The maximum atomic E-state index is 13.5. The summed E-state index contributed by atoms with van der Waals surface area (Å²) in [6.07, 6.45) is 0. The highest BCUT2D eigenvalue weighted by Crippen LogP contribution is 2.42. The van der Waals surface area contributed by atoms with E-state index in [2.05, 4.69) is 5.32 Å². The van der Waals surface area contributed by atoms with E-state index < -0.39 is 11.8 Å². The molecule has 32 heavy (non-hydrogen) atoms. The van der Waals surface area contributed by atoms with E-state index in [0.29, 0.717) is 33.2 Å². The number of rotatable bonds is 6. The summed E-state index contributed by atoms with van der Waals surface area (Å²) in [5, 5.41) is 2.70. The van der Waals surface area contributed by atoms with Gasteiger partial charge in [0.15, 0.2) is 0 Å². The summed E-state index contributed by atoms with van der Waals surface area (Å²) in [5.74, 6) is -0.436. The predicted molar refractivity (Wildman–Crippen MR) is 125 cm³/mol. The molecule has 0 aromatic heterocycles. The van der Waals surface area contributed by atoms with Gasteiger partial charge in [-0.1, -0.05) is 48.2 Å². The third-order valence-corrected chi connectivity index (χ3v) is 5.90. The molecule has 6 nitrogen and oxygen atoms in total. The van der Waals surface area contributed by atoms with Gasteiger partial charge in [-0.05, 0) is 42.0 Å². The number of nitrogens with zero attached hydrogens (tertiary/aromatic N) is 1. The number of carbonyl (C=O) groups excluding carboxylic acids is 3. The number of carbonyl (C=O) groups is 3. The molecule has 7 heteroatoms. The minimum absolute atomic E-state index is 0.186. The minimum Gasteiger partial charge on any atom is -0.497 e. The fourth-order valence-corrected chi connectivity index (χ4v) is 4.39. The van der Waals surface area contributed by atoms with Crippen molar-refractivity contribution in [1.82, 2.24) is 0 Å². The molecule has 1 heterocycles. The first-order chi connectivity index (χ1) is 15.5. The van der Waals surface area contributed by atoms with Crippen LogP contribution >= 0.6 is 11.8 Å². The number of hydrogen-bond acceptors (Lipinski definition) is 5. The number of hydrogen-bond donors (Lipinski definition) is 1. The van der Waals surface area contributed by atoms with Crippen molar-refractivity contribution < 1.29 is 19.1 Å². The Kier molecular flexibility index (Phi) is 6.09. The number of ether oxygens (including phenoxy) is 1. The molecule has 1 aliphatic rings. The summed E-state index contributed by atoms with van der Waals surface area (Å²) in [4.78, 5) is 40.6. The highest BCUT2D eigenvalue weighted by Gasteiger charge is 2.40. The number of benzene rings is 3. The molecule has 0 bridgehead atoms. The molecule has 3 aromatic rings. The summed E-state index contributed by atoms with van der Waals surface area (Å²) < 4.78 is 5.26. The number of methoxy groups -OCH3 is 1. The second kappa shape index (κ2) is 9.11. The molecule has 160 valence electrons. The van der Waals surface area contributed by atoms with Crippen molar-refractivity contribution in [2.24, 2.45) is 0 Å². The quantitative estimate of drug-likeness (QED) is 0.557. The van der Waals surface area contributed by atoms with E-state index in [4.69, 9.17) is 4.74 Å².